The van der Waals surface area contributed by atoms with E-state index in [9.17, 15) is 9.59 Å². The number of hydrogen-bond acceptors (Lipinski definition) is 6. The summed E-state index contributed by atoms with van der Waals surface area (Å²) < 4.78 is 4.38. The van der Waals surface area contributed by atoms with Crippen LogP contribution >= 0.6 is 0 Å². The molecule has 0 saturated heterocycles. The van der Waals surface area contributed by atoms with E-state index in [1.54, 1.807) is 7.05 Å². The summed E-state index contributed by atoms with van der Waals surface area (Å²) in [7, 11) is 2.79. The fraction of sp³-hybridized carbons (Fsp3) is 0.556. The topological polar surface area (TPSA) is 110 Å². The highest BCUT2D eigenvalue weighted by Crippen LogP contribution is 2.00. The predicted octanol–water partition coefficient (Wildman–Crippen LogP) is -1.09. The largest absolute Gasteiger partial charge is 0.453 e. The SMILES string of the molecule is COC(=O)Nc1cnn(CC(=O)N(C)CCO)n1. The van der Waals surface area contributed by atoms with Gasteiger partial charge in [-0.2, -0.15) is 9.90 Å². The number of methoxy groups -OCH3 is 1. The van der Waals surface area contributed by atoms with Gasteiger partial charge in [-0.25, -0.2) is 4.79 Å². The van der Waals surface area contributed by atoms with Crippen molar-refractivity contribution in [3.05, 3.63) is 6.20 Å². The van der Waals surface area contributed by atoms with Gasteiger partial charge in [0.15, 0.2) is 5.82 Å². The minimum absolute atomic E-state index is 0.0701. The van der Waals surface area contributed by atoms with Crippen LogP contribution in [0, 0.1) is 0 Å². The molecule has 0 bridgehead atoms. The quantitative estimate of drug-likeness (QED) is 0.693. The normalized spacial score (nSPS) is 9.94. The van der Waals surface area contributed by atoms with Crippen LogP contribution in [0.5, 0.6) is 0 Å². The summed E-state index contributed by atoms with van der Waals surface area (Å²) in [6.45, 7) is 0.0661. The number of aliphatic hydroxyl groups is 1. The molecule has 0 spiro atoms. The molecule has 0 aromatic carbocycles. The summed E-state index contributed by atoms with van der Waals surface area (Å²) in [4.78, 5) is 25.0. The number of carbonyl (C=O) groups excluding carboxylic acids is 2. The van der Waals surface area contributed by atoms with Gasteiger partial charge < -0.3 is 14.7 Å². The first kappa shape index (κ1) is 13.9. The van der Waals surface area contributed by atoms with Crippen LogP contribution < -0.4 is 5.32 Å². The minimum atomic E-state index is -0.661. The molecule has 2 amide bonds. The van der Waals surface area contributed by atoms with Crippen LogP contribution in [-0.4, -0.2) is 64.3 Å². The van der Waals surface area contributed by atoms with Crippen molar-refractivity contribution in [3.63, 3.8) is 0 Å². The van der Waals surface area contributed by atoms with Gasteiger partial charge in [-0.05, 0) is 0 Å². The highest BCUT2D eigenvalue weighted by atomic mass is 16.5. The first-order valence-corrected chi connectivity index (χ1v) is 5.16. The number of ether oxygens (including phenoxy) is 1. The van der Waals surface area contributed by atoms with Crippen LogP contribution in [0.1, 0.15) is 0 Å². The Morgan fingerprint density at radius 2 is 2.33 bits per heavy atom. The van der Waals surface area contributed by atoms with Gasteiger partial charge in [-0.15, -0.1) is 5.10 Å². The highest BCUT2D eigenvalue weighted by molar-refractivity contribution is 5.82. The molecule has 1 heterocycles. The summed E-state index contributed by atoms with van der Waals surface area (Å²) in [6, 6.07) is 0. The number of aliphatic hydroxyl groups excluding tert-OH is 1. The average molecular weight is 257 g/mol. The molecule has 0 aliphatic heterocycles. The van der Waals surface area contributed by atoms with Crippen molar-refractivity contribution in [2.75, 3.05) is 32.6 Å². The van der Waals surface area contributed by atoms with Gasteiger partial charge in [-0.3, -0.25) is 10.1 Å². The van der Waals surface area contributed by atoms with E-state index in [-0.39, 0.29) is 31.4 Å². The van der Waals surface area contributed by atoms with Crippen molar-refractivity contribution >= 4 is 17.8 Å². The Morgan fingerprint density at radius 1 is 1.61 bits per heavy atom. The number of hydrogen-bond donors (Lipinski definition) is 2. The molecule has 0 saturated carbocycles. The van der Waals surface area contributed by atoms with Crippen LogP contribution in [-0.2, 0) is 16.1 Å². The maximum atomic E-state index is 11.6. The molecule has 0 fully saturated rings. The van der Waals surface area contributed by atoms with Gasteiger partial charge in [0, 0.05) is 13.6 Å². The summed E-state index contributed by atoms with van der Waals surface area (Å²) in [5, 5.41) is 18.7. The lowest BCUT2D eigenvalue weighted by molar-refractivity contribution is -0.131. The third-order valence-electron chi connectivity index (χ3n) is 2.09. The predicted molar refractivity (Wildman–Crippen MR) is 60.8 cm³/mol. The van der Waals surface area contributed by atoms with E-state index in [0.29, 0.717) is 0 Å². The molecular weight excluding hydrogens is 242 g/mol. The van der Waals surface area contributed by atoms with E-state index in [2.05, 4.69) is 20.3 Å². The van der Waals surface area contributed by atoms with Gasteiger partial charge in [0.2, 0.25) is 5.91 Å². The van der Waals surface area contributed by atoms with Gasteiger partial charge in [-0.1, -0.05) is 0 Å². The fourth-order valence-electron chi connectivity index (χ4n) is 1.10. The molecule has 1 rings (SSSR count). The van der Waals surface area contributed by atoms with Crippen molar-refractivity contribution in [3.8, 4) is 0 Å². The Kier molecular flexibility index (Phi) is 5.06. The first-order chi connectivity index (χ1) is 8.56. The zero-order valence-corrected chi connectivity index (χ0v) is 10.2. The fourth-order valence-corrected chi connectivity index (χ4v) is 1.10. The molecule has 9 nitrogen and oxygen atoms in total. The van der Waals surface area contributed by atoms with Gasteiger partial charge in [0.1, 0.15) is 6.54 Å². The summed E-state index contributed by atoms with van der Waals surface area (Å²) in [5.74, 6) is -0.0521. The Labute approximate surface area is 103 Å². The number of nitrogens with one attached hydrogen (secondary N) is 1. The van der Waals surface area contributed by atoms with E-state index in [0.717, 1.165) is 4.80 Å². The molecule has 2 N–H and O–H groups in total. The standard InChI is InChI=1S/C9H15N5O4/c1-13(3-4-15)8(16)6-14-10-5-7(12-14)11-9(17)18-2/h5,15H,3-4,6H2,1-2H3,(H,11,12,17). The van der Waals surface area contributed by atoms with E-state index >= 15 is 0 Å². The second kappa shape index (κ2) is 6.55. The lowest BCUT2D eigenvalue weighted by atomic mass is 10.5. The van der Waals surface area contributed by atoms with Crippen molar-refractivity contribution < 1.29 is 19.4 Å². The maximum Gasteiger partial charge on any atom is 0.412 e. The third-order valence-corrected chi connectivity index (χ3v) is 2.09. The van der Waals surface area contributed by atoms with Crippen LogP contribution in [0.2, 0.25) is 0 Å². The van der Waals surface area contributed by atoms with E-state index in [1.807, 2.05) is 0 Å². The Hall–Kier alpha value is -2.16. The van der Waals surface area contributed by atoms with Crippen molar-refractivity contribution in [2.45, 2.75) is 6.54 Å². The molecule has 0 aliphatic carbocycles. The molecule has 0 aliphatic rings. The highest BCUT2D eigenvalue weighted by Gasteiger charge is 2.11. The molecule has 9 heteroatoms. The molecule has 18 heavy (non-hydrogen) atoms. The van der Waals surface area contributed by atoms with Gasteiger partial charge in [0.05, 0.1) is 19.9 Å². The van der Waals surface area contributed by atoms with Crippen LogP contribution in [0.4, 0.5) is 10.6 Å². The summed E-state index contributed by atoms with van der Waals surface area (Å²) >= 11 is 0. The number of aromatic nitrogens is 3. The third kappa shape index (κ3) is 4.01. The zero-order valence-electron chi connectivity index (χ0n) is 10.2. The van der Waals surface area contributed by atoms with E-state index in [1.165, 1.54) is 18.2 Å². The molecule has 100 valence electrons. The zero-order chi connectivity index (χ0) is 13.5. The second-order valence-corrected chi connectivity index (χ2v) is 3.42. The summed E-state index contributed by atoms with van der Waals surface area (Å²) in [6.07, 6.45) is 0.641. The second-order valence-electron chi connectivity index (χ2n) is 3.42. The molecule has 1 aromatic rings. The van der Waals surface area contributed by atoms with Crippen LogP contribution in [0.3, 0.4) is 0 Å². The Bertz CT molecular complexity index is 419. The summed E-state index contributed by atoms with van der Waals surface area (Å²) in [5.41, 5.74) is 0. The van der Waals surface area contributed by atoms with E-state index < -0.39 is 6.09 Å². The number of likely N-dealkylation sites (N-methyl/N-ethyl adjacent to an activating group) is 1. The average Bonchev–Trinajstić information content (AvgIpc) is 2.76. The molecule has 0 atom stereocenters. The minimum Gasteiger partial charge on any atom is -0.453 e. The lowest BCUT2D eigenvalue weighted by Gasteiger charge is -2.14. The van der Waals surface area contributed by atoms with Crippen molar-refractivity contribution in [2.24, 2.45) is 0 Å². The van der Waals surface area contributed by atoms with Gasteiger partial charge >= 0.3 is 6.09 Å². The Balaban J connectivity index is 2.53. The van der Waals surface area contributed by atoms with E-state index in [4.69, 9.17) is 5.11 Å². The monoisotopic (exact) mass is 257 g/mol. The molecule has 0 radical (unpaired) electrons. The number of rotatable bonds is 5. The number of nitrogens with zero attached hydrogens (tertiary/aromatic N) is 4. The van der Waals surface area contributed by atoms with Crippen LogP contribution in [0.15, 0.2) is 6.20 Å². The number of carbonyl (C=O) groups is 2. The van der Waals surface area contributed by atoms with Crippen molar-refractivity contribution in [1.82, 2.24) is 19.9 Å². The molecule has 1 aromatic heterocycles. The van der Waals surface area contributed by atoms with Gasteiger partial charge in [0.25, 0.3) is 0 Å². The van der Waals surface area contributed by atoms with Crippen molar-refractivity contribution in [1.29, 1.82) is 0 Å². The number of anilines is 1. The first-order valence-electron chi connectivity index (χ1n) is 5.16. The smallest absolute Gasteiger partial charge is 0.412 e. The Morgan fingerprint density at radius 3 is 2.94 bits per heavy atom. The van der Waals surface area contributed by atoms with Crippen LogP contribution in [0.25, 0.3) is 0 Å². The molecular formula is C9H15N5O4. The maximum absolute atomic E-state index is 11.6. The number of amides is 2. The molecule has 0 unspecified atom stereocenters. The lowest BCUT2D eigenvalue weighted by Crippen LogP contribution is -2.33.